The van der Waals surface area contributed by atoms with Gasteiger partial charge in [-0.1, -0.05) is 20.8 Å². The van der Waals surface area contributed by atoms with E-state index in [1.807, 2.05) is 24.3 Å². The van der Waals surface area contributed by atoms with Crippen LogP contribution < -0.4 is 14.8 Å². The van der Waals surface area contributed by atoms with Crippen molar-refractivity contribution >= 4 is 0 Å². The number of methoxy groups -OCH3 is 1. The predicted octanol–water partition coefficient (Wildman–Crippen LogP) is 2.85. The van der Waals surface area contributed by atoms with Crippen LogP contribution in [-0.4, -0.2) is 25.8 Å². The molecule has 0 fully saturated rings. The van der Waals surface area contributed by atoms with E-state index in [0.717, 1.165) is 24.5 Å². The summed E-state index contributed by atoms with van der Waals surface area (Å²) in [5.41, 5.74) is 0. The molecule has 1 N–H and O–H groups in total. The molecule has 0 saturated carbocycles. The largest absolute Gasteiger partial charge is 0.497 e. The standard InChI is InChI=1S/C14H23NO2/c1-5-12(10-15-11(2)3)17-14-8-6-13(16-4)7-9-14/h6-9,11-12,15H,5,10H2,1-4H3. The van der Waals surface area contributed by atoms with Crippen molar-refractivity contribution in [3.05, 3.63) is 24.3 Å². The fraction of sp³-hybridized carbons (Fsp3) is 0.571. The van der Waals surface area contributed by atoms with Crippen LogP contribution in [0.1, 0.15) is 27.2 Å². The first kappa shape index (κ1) is 13.8. The van der Waals surface area contributed by atoms with Gasteiger partial charge in [0.1, 0.15) is 17.6 Å². The summed E-state index contributed by atoms with van der Waals surface area (Å²) in [6.07, 6.45) is 1.21. The molecule has 0 amide bonds. The molecule has 0 heterocycles. The molecule has 1 aromatic rings. The zero-order chi connectivity index (χ0) is 12.7. The van der Waals surface area contributed by atoms with Crippen molar-refractivity contribution in [3.63, 3.8) is 0 Å². The van der Waals surface area contributed by atoms with E-state index in [4.69, 9.17) is 9.47 Å². The van der Waals surface area contributed by atoms with Crippen LogP contribution in [0.3, 0.4) is 0 Å². The van der Waals surface area contributed by atoms with E-state index in [9.17, 15) is 0 Å². The zero-order valence-electron chi connectivity index (χ0n) is 11.2. The van der Waals surface area contributed by atoms with Gasteiger partial charge in [0, 0.05) is 12.6 Å². The lowest BCUT2D eigenvalue weighted by Crippen LogP contribution is -2.34. The Bertz CT molecular complexity index is 309. The van der Waals surface area contributed by atoms with Crippen molar-refractivity contribution in [1.82, 2.24) is 5.32 Å². The maximum Gasteiger partial charge on any atom is 0.120 e. The summed E-state index contributed by atoms with van der Waals surface area (Å²) < 4.78 is 11.0. The fourth-order valence-corrected chi connectivity index (χ4v) is 1.48. The summed E-state index contributed by atoms with van der Waals surface area (Å²) in [7, 11) is 1.66. The highest BCUT2D eigenvalue weighted by Gasteiger charge is 2.08. The molecule has 1 rings (SSSR count). The van der Waals surface area contributed by atoms with E-state index >= 15 is 0 Å². The predicted molar refractivity (Wildman–Crippen MR) is 70.8 cm³/mol. The third kappa shape index (κ3) is 5.09. The lowest BCUT2D eigenvalue weighted by molar-refractivity contribution is 0.190. The van der Waals surface area contributed by atoms with Crippen molar-refractivity contribution in [2.24, 2.45) is 0 Å². The van der Waals surface area contributed by atoms with Crippen LogP contribution in [0.2, 0.25) is 0 Å². The van der Waals surface area contributed by atoms with E-state index in [1.165, 1.54) is 0 Å². The molecule has 1 atom stereocenters. The first-order valence-electron chi connectivity index (χ1n) is 6.19. The molecule has 3 nitrogen and oxygen atoms in total. The van der Waals surface area contributed by atoms with Crippen molar-refractivity contribution in [1.29, 1.82) is 0 Å². The molecular formula is C14H23NO2. The highest BCUT2D eigenvalue weighted by molar-refractivity contribution is 5.31. The van der Waals surface area contributed by atoms with Crippen LogP contribution in [0.4, 0.5) is 0 Å². The molecule has 96 valence electrons. The number of hydrogen-bond acceptors (Lipinski definition) is 3. The molecule has 0 aliphatic heterocycles. The van der Waals surface area contributed by atoms with Crippen molar-refractivity contribution in [2.45, 2.75) is 39.3 Å². The van der Waals surface area contributed by atoms with E-state index in [2.05, 4.69) is 26.1 Å². The van der Waals surface area contributed by atoms with Crippen LogP contribution >= 0.6 is 0 Å². The Hall–Kier alpha value is -1.22. The van der Waals surface area contributed by atoms with Gasteiger partial charge in [0.25, 0.3) is 0 Å². The number of nitrogens with one attached hydrogen (secondary N) is 1. The second kappa shape index (κ2) is 7.17. The fourth-order valence-electron chi connectivity index (χ4n) is 1.48. The number of hydrogen-bond donors (Lipinski definition) is 1. The maximum absolute atomic E-state index is 5.90. The lowest BCUT2D eigenvalue weighted by Gasteiger charge is -2.19. The molecule has 17 heavy (non-hydrogen) atoms. The second-order valence-electron chi connectivity index (χ2n) is 4.39. The molecule has 0 aromatic heterocycles. The Kier molecular flexibility index (Phi) is 5.84. The zero-order valence-corrected chi connectivity index (χ0v) is 11.2. The quantitative estimate of drug-likeness (QED) is 0.791. The van der Waals surface area contributed by atoms with Crippen LogP contribution in [-0.2, 0) is 0 Å². The Labute approximate surface area is 104 Å². The molecule has 0 aliphatic rings. The molecule has 1 unspecified atom stereocenters. The van der Waals surface area contributed by atoms with Gasteiger partial charge in [-0.3, -0.25) is 0 Å². The lowest BCUT2D eigenvalue weighted by atomic mass is 10.2. The van der Waals surface area contributed by atoms with Gasteiger partial charge in [-0.2, -0.15) is 0 Å². The maximum atomic E-state index is 5.90. The average molecular weight is 237 g/mol. The minimum absolute atomic E-state index is 0.214. The molecule has 3 heteroatoms. The van der Waals surface area contributed by atoms with Gasteiger partial charge >= 0.3 is 0 Å². The summed E-state index contributed by atoms with van der Waals surface area (Å²) in [5.74, 6) is 1.74. The Balaban J connectivity index is 2.48. The number of benzene rings is 1. The molecule has 0 radical (unpaired) electrons. The first-order valence-corrected chi connectivity index (χ1v) is 6.19. The Morgan fingerprint density at radius 1 is 1.12 bits per heavy atom. The SMILES string of the molecule is CCC(CNC(C)C)Oc1ccc(OC)cc1. The van der Waals surface area contributed by atoms with Gasteiger partial charge < -0.3 is 14.8 Å². The monoisotopic (exact) mass is 237 g/mol. The average Bonchev–Trinajstić information content (AvgIpc) is 2.35. The summed E-state index contributed by atoms with van der Waals surface area (Å²) in [6, 6.07) is 8.20. The third-order valence-corrected chi connectivity index (χ3v) is 2.57. The summed E-state index contributed by atoms with van der Waals surface area (Å²) in [4.78, 5) is 0. The van der Waals surface area contributed by atoms with Crippen molar-refractivity contribution in [2.75, 3.05) is 13.7 Å². The normalized spacial score (nSPS) is 12.5. The van der Waals surface area contributed by atoms with Gasteiger partial charge in [0.05, 0.1) is 7.11 Å². The van der Waals surface area contributed by atoms with Gasteiger partial charge in [0.2, 0.25) is 0 Å². The van der Waals surface area contributed by atoms with Crippen molar-refractivity contribution < 1.29 is 9.47 Å². The topological polar surface area (TPSA) is 30.5 Å². The molecule has 0 saturated heterocycles. The van der Waals surface area contributed by atoms with E-state index < -0.39 is 0 Å². The van der Waals surface area contributed by atoms with Gasteiger partial charge in [-0.05, 0) is 30.7 Å². The van der Waals surface area contributed by atoms with Gasteiger partial charge in [-0.15, -0.1) is 0 Å². The summed E-state index contributed by atoms with van der Waals surface area (Å²) >= 11 is 0. The van der Waals surface area contributed by atoms with E-state index in [1.54, 1.807) is 7.11 Å². The van der Waals surface area contributed by atoms with Crippen molar-refractivity contribution in [3.8, 4) is 11.5 Å². The van der Waals surface area contributed by atoms with E-state index in [0.29, 0.717) is 6.04 Å². The summed E-state index contributed by atoms with van der Waals surface area (Å²) in [5, 5.41) is 3.39. The van der Waals surface area contributed by atoms with E-state index in [-0.39, 0.29) is 6.10 Å². The van der Waals surface area contributed by atoms with Gasteiger partial charge in [0.15, 0.2) is 0 Å². The van der Waals surface area contributed by atoms with Crippen LogP contribution in [0.25, 0.3) is 0 Å². The molecule has 0 spiro atoms. The summed E-state index contributed by atoms with van der Waals surface area (Å²) in [6.45, 7) is 7.29. The first-order chi connectivity index (χ1) is 8.15. The number of ether oxygens (including phenoxy) is 2. The minimum atomic E-state index is 0.214. The molecule has 1 aromatic carbocycles. The Morgan fingerprint density at radius 2 is 1.71 bits per heavy atom. The molecule has 0 bridgehead atoms. The highest BCUT2D eigenvalue weighted by Crippen LogP contribution is 2.18. The Morgan fingerprint density at radius 3 is 2.18 bits per heavy atom. The van der Waals surface area contributed by atoms with Crippen LogP contribution in [0.5, 0.6) is 11.5 Å². The molecular weight excluding hydrogens is 214 g/mol. The van der Waals surface area contributed by atoms with Crippen LogP contribution in [0, 0.1) is 0 Å². The smallest absolute Gasteiger partial charge is 0.120 e. The number of rotatable bonds is 7. The van der Waals surface area contributed by atoms with Gasteiger partial charge in [-0.25, -0.2) is 0 Å². The minimum Gasteiger partial charge on any atom is -0.497 e. The van der Waals surface area contributed by atoms with Crippen LogP contribution in [0.15, 0.2) is 24.3 Å². The third-order valence-electron chi connectivity index (χ3n) is 2.57. The molecule has 0 aliphatic carbocycles. The second-order valence-corrected chi connectivity index (χ2v) is 4.39. The highest BCUT2D eigenvalue weighted by atomic mass is 16.5.